The van der Waals surface area contributed by atoms with Crippen LogP contribution in [0, 0.1) is 0 Å². The fourth-order valence-electron chi connectivity index (χ4n) is 2.73. The van der Waals surface area contributed by atoms with E-state index < -0.39 is 0 Å². The average molecular weight is 354 g/mol. The molecule has 3 rings (SSSR count). The van der Waals surface area contributed by atoms with Gasteiger partial charge in [-0.1, -0.05) is 48.0 Å². The molecule has 0 saturated carbocycles. The van der Waals surface area contributed by atoms with E-state index in [1.54, 1.807) is 30.3 Å². The minimum Gasteiger partial charge on any atom is -0.378 e. The maximum atomic E-state index is 12.3. The summed E-state index contributed by atoms with van der Waals surface area (Å²) in [5, 5.41) is 0.624. The summed E-state index contributed by atoms with van der Waals surface area (Å²) >= 11 is 5.86. The van der Waals surface area contributed by atoms with Gasteiger partial charge in [0.05, 0.1) is 13.2 Å². The van der Waals surface area contributed by atoms with Crippen molar-refractivity contribution in [2.45, 2.75) is 0 Å². The van der Waals surface area contributed by atoms with Gasteiger partial charge in [0.1, 0.15) is 0 Å². The van der Waals surface area contributed by atoms with Crippen LogP contribution in [-0.4, -0.2) is 37.0 Å². The van der Waals surface area contributed by atoms with E-state index in [4.69, 9.17) is 16.3 Å². The van der Waals surface area contributed by atoms with Gasteiger partial charge < -0.3 is 9.64 Å². The number of carbonyl (C=O) groups excluding carboxylic acids is 1. The van der Waals surface area contributed by atoms with Gasteiger partial charge in [-0.05, 0) is 42.0 Å². The Morgan fingerprint density at radius 3 is 2.32 bits per heavy atom. The van der Waals surface area contributed by atoms with Crippen LogP contribution in [0.5, 0.6) is 0 Å². The van der Waals surface area contributed by atoms with Crippen LogP contribution in [0.1, 0.15) is 15.9 Å². The first-order valence-electron chi connectivity index (χ1n) is 8.30. The van der Waals surface area contributed by atoms with Crippen LogP contribution >= 0.6 is 11.6 Å². The topological polar surface area (TPSA) is 29.5 Å². The predicted molar refractivity (Wildman–Crippen MR) is 102 cm³/mol. The van der Waals surface area contributed by atoms with Crippen LogP contribution in [0.15, 0.2) is 72.8 Å². The van der Waals surface area contributed by atoms with Crippen LogP contribution in [0.2, 0.25) is 5.02 Å². The zero-order valence-electron chi connectivity index (χ0n) is 13.9. The fourth-order valence-corrected chi connectivity index (χ4v) is 2.86. The molecule has 0 amide bonds. The van der Waals surface area contributed by atoms with Crippen LogP contribution in [0.25, 0.3) is 5.70 Å². The summed E-state index contributed by atoms with van der Waals surface area (Å²) < 4.78 is 5.44. The summed E-state index contributed by atoms with van der Waals surface area (Å²) in [5.41, 5.74) is 2.86. The average Bonchev–Trinajstić information content (AvgIpc) is 2.67. The van der Waals surface area contributed by atoms with Crippen molar-refractivity contribution in [3.8, 4) is 0 Å². The molecule has 3 nitrogen and oxygen atoms in total. The van der Waals surface area contributed by atoms with Gasteiger partial charge in [-0.2, -0.15) is 0 Å². The van der Waals surface area contributed by atoms with E-state index in [9.17, 15) is 4.79 Å². The molecule has 1 aliphatic heterocycles. The molecule has 0 bridgehead atoms. The van der Waals surface area contributed by atoms with Gasteiger partial charge >= 0.3 is 0 Å². The first kappa shape index (κ1) is 17.5. The number of benzene rings is 2. The lowest BCUT2D eigenvalue weighted by Gasteiger charge is -2.31. The Kier molecular flexibility index (Phi) is 6.04. The third-order valence-corrected chi connectivity index (χ3v) is 4.30. The lowest BCUT2D eigenvalue weighted by atomic mass is 10.1. The number of hydrogen-bond acceptors (Lipinski definition) is 3. The van der Waals surface area contributed by atoms with E-state index in [0.29, 0.717) is 10.6 Å². The van der Waals surface area contributed by atoms with Gasteiger partial charge in [-0.25, -0.2) is 0 Å². The number of hydrogen-bond donors (Lipinski definition) is 0. The van der Waals surface area contributed by atoms with E-state index in [0.717, 1.165) is 37.6 Å². The van der Waals surface area contributed by atoms with Crippen LogP contribution in [-0.2, 0) is 4.74 Å². The molecular weight excluding hydrogens is 334 g/mol. The monoisotopic (exact) mass is 353 g/mol. The van der Waals surface area contributed by atoms with Crippen molar-refractivity contribution in [1.82, 2.24) is 4.90 Å². The maximum absolute atomic E-state index is 12.3. The molecule has 1 fully saturated rings. The molecule has 128 valence electrons. The van der Waals surface area contributed by atoms with E-state index in [1.807, 2.05) is 30.4 Å². The summed E-state index contributed by atoms with van der Waals surface area (Å²) in [7, 11) is 0. The van der Waals surface area contributed by atoms with Crippen molar-refractivity contribution in [3.63, 3.8) is 0 Å². The molecule has 0 spiro atoms. The summed E-state index contributed by atoms with van der Waals surface area (Å²) in [6, 6.07) is 17.1. The number of allylic oxidation sites excluding steroid dienone is 3. The first-order chi connectivity index (χ1) is 12.2. The highest BCUT2D eigenvalue weighted by Gasteiger charge is 2.14. The Morgan fingerprint density at radius 2 is 1.64 bits per heavy atom. The third kappa shape index (κ3) is 4.81. The molecule has 2 aromatic rings. The fraction of sp³-hybridized carbons (Fsp3) is 0.190. The number of carbonyl (C=O) groups is 1. The summed E-state index contributed by atoms with van der Waals surface area (Å²) in [6.45, 7) is 3.13. The van der Waals surface area contributed by atoms with Gasteiger partial charge in [0, 0.05) is 29.4 Å². The number of ether oxygens (including phenoxy) is 1. The Labute approximate surface area is 153 Å². The molecule has 1 aliphatic rings. The molecule has 1 saturated heterocycles. The van der Waals surface area contributed by atoms with Gasteiger partial charge in [0.15, 0.2) is 5.78 Å². The van der Waals surface area contributed by atoms with E-state index in [2.05, 4.69) is 17.0 Å². The third-order valence-electron chi connectivity index (χ3n) is 4.05. The number of halogens is 1. The standard InChI is InChI=1S/C21H20ClNO2/c22-19-11-9-18(10-12-19)21(24)8-4-7-20(17-5-2-1-3-6-17)23-13-15-25-16-14-23/h1-12H,13-16H2/b8-4+,20-7+. The quantitative estimate of drug-likeness (QED) is 0.452. The normalized spacial score (nSPS) is 15.6. The highest BCUT2D eigenvalue weighted by Crippen LogP contribution is 2.20. The van der Waals surface area contributed by atoms with Crippen LogP contribution < -0.4 is 0 Å². The van der Waals surface area contributed by atoms with E-state index in [1.165, 1.54) is 0 Å². The zero-order chi connectivity index (χ0) is 17.5. The molecule has 4 heteroatoms. The Bertz CT molecular complexity index is 760. The molecule has 25 heavy (non-hydrogen) atoms. The number of rotatable bonds is 5. The molecule has 0 N–H and O–H groups in total. The lowest BCUT2D eigenvalue weighted by Crippen LogP contribution is -2.34. The van der Waals surface area contributed by atoms with Crippen molar-refractivity contribution in [3.05, 3.63) is 89.0 Å². The Hall–Kier alpha value is -2.36. The first-order valence-corrected chi connectivity index (χ1v) is 8.68. The molecule has 0 aromatic heterocycles. The van der Waals surface area contributed by atoms with Crippen molar-refractivity contribution in [2.24, 2.45) is 0 Å². The van der Waals surface area contributed by atoms with Gasteiger partial charge in [0.25, 0.3) is 0 Å². The van der Waals surface area contributed by atoms with Gasteiger partial charge in [-0.15, -0.1) is 0 Å². The predicted octanol–water partition coefficient (Wildman–Crippen LogP) is 4.45. The van der Waals surface area contributed by atoms with Crippen molar-refractivity contribution < 1.29 is 9.53 Å². The maximum Gasteiger partial charge on any atom is 0.185 e. The summed E-state index contributed by atoms with van der Waals surface area (Å²) in [6.07, 6.45) is 5.40. The molecule has 0 atom stereocenters. The molecular formula is C21H20ClNO2. The minimum absolute atomic E-state index is 0.0395. The molecule has 0 radical (unpaired) electrons. The Balaban J connectivity index is 1.80. The van der Waals surface area contributed by atoms with Crippen LogP contribution in [0.3, 0.4) is 0 Å². The lowest BCUT2D eigenvalue weighted by molar-refractivity contribution is 0.0639. The number of nitrogens with zero attached hydrogens (tertiary/aromatic N) is 1. The van der Waals surface area contributed by atoms with Gasteiger partial charge in [-0.3, -0.25) is 4.79 Å². The second kappa shape index (κ2) is 8.65. The smallest absolute Gasteiger partial charge is 0.185 e. The summed E-state index contributed by atoms with van der Waals surface area (Å²) in [5.74, 6) is -0.0395. The highest BCUT2D eigenvalue weighted by molar-refractivity contribution is 6.30. The van der Waals surface area contributed by atoms with E-state index >= 15 is 0 Å². The Morgan fingerprint density at radius 1 is 0.960 bits per heavy atom. The van der Waals surface area contributed by atoms with Crippen molar-refractivity contribution >= 4 is 23.1 Å². The number of ketones is 1. The van der Waals surface area contributed by atoms with Gasteiger partial charge in [0.2, 0.25) is 0 Å². The second-order valence-corrected chi connectivity index (χ2v) is 6.18. The molecule has 1 heterocycles. The molecule has 2 aromatic carbocycles. The van der Waals surface area contributed by atoms with Crippen LogP contribution in [0.4, 0.5) is 0 Å². The van der Waals surface area contributed by atoms with Crippen molar-refractivity contribution in [2.75, 3.05) is 26.3 Å². The van der Waals surface area contributed by atoms with E-state index in [-0.39, 0.29) is 5.78 Å². The largest absolute Gasteiger partial charge is 0.378 e. The minimum atomic E-state index is -0.0395. The SMILES string of the molecule is O=C(/C=C/C=C(\c1ccccc1)N1CCOCC1)c1ccc(Cl)cc1. The second-order valence-electron chi connectivity index (χ2n) is 5.75. The number of morpholine rings is 1. The molecule has 0 aliphatic carbocycles. The summed E-state index contributed by atoms with van der Waals surface area (Å²) in [4.78, 5) is 14.5. The molecule has 0 unspecified atom stereocenters. The van der Waals surface area contributed by atoms with Crippen molar-refractivity contribution in [1.29, 1.82) is 0 Å². The highest BCUT2D eigenvalue weighted by atomic mass is 35.5. The zero-order valence-corrected chi connectivity index (χ0v) is 14.7.